The standard InChI is InChI=1S/C15H15N3O2S2/c1-18(2)22(19,20)17-15-16-14(10-21-15)13-8-7-11-5-3-4-6-12(11)9-13/h3-10H,1-2H3,(H,16,17). The minimum Gasteiger partial charge on any atom is -0.246 e. The van der Waals surface area contributed by atoms with Gasteiger partial charge in [-0.15, -0.1) is 11.3 Å². The van der Waals surface area contributed by atoms with Gasteiger partial charge in [0.1, 0.15) is 0 Å². The SMILES string of the molecule is CN(C)S(=O)(=O)Nc1nc(-c2ccc3ccccc3c2)cs1. The van der Waals surface area contributed by atoms with Crippen molar-refractivity contribution >= 4 is 37.5 Å². The van der Waals surface area contributed by atoms with E-state index in [2.05, 4.69) is 21.8 Å². The summed E-state index contributed by atoms with van der Waals surface area (Å²) < 4.78 is 27.2. The Morgan fingerprint density at radius 1 is 1.09 bits per heavy atom. The van der Waals surface area contributed by atoms with Crippen molar-refractivity contribution in [2.45, 2.75) is 0 Å². The number of hydrogen-bond donors (Lipinski definition) is 1. The summed E-state index contributed by atoms with van der Waals surface area (Å²) in [5.74, 6) is 0. The van der Waals surface area contributed by atoms with Crippen LogP contribution in [0.15, 0.2) is 47.8 Å². The molecule has 0 atom stereocenters. The number of nitrogens with one attached hydrogen (secondary N) is 1. The molecule has 0 radical (unpaired) electrons. The summed E-state index contributed by atoms with van der Waals surface area (Å²) in [6, 6.07) is 14.2. The van der Waals surface area contributed by atoms with Crippen molar-refractivity contribution in [3.05, 3.63) is 47.8 Å². The molecule has 0 aliphatic carbocycles. The molecule has 0 saturated heterocycles. The van der Waals surface area contributed by atoms with Gasteiger partial charge in [-0.05, 0) is 16.8 Å². The molecule has 1 aromatic heterocycles. The average molecular weight is 333 g/mol. The number of aromatic nitrogens is 1. The van der Waals surface area contributed by atoms with Crippen LogP contribution in [0.5, 0.6) is 0 Å². The molecule has 114 valence electrons. The molecule has 0 amide bonds. The molecular formula is C15H15N3O2S2. The summed E-state index contributed by atoms with van der Waals surface area (Å²) >= 11 is 1.27. The molecule has 5 nitrogen and oxygen atoms in total. The van der Waals surface area contributed by atoms with E-state index in [1.54, 1.807) is 0 Å². The normalized spacial score (nSPS) is 12.0. The van der Waals surface area contributed by atoms with Crippen LogP contribution < -0.4 is 4.72 Å². The summed E-state index contributed by atoms with van der Waals surface area (Å²) in [4.78, 5) is 4.36. The van der Waals surface area contributed by atoms with Crippen LogP contribution in [-0.2, 0) is 10.2 Å². The number of fused-ring (bicyclic) bond motifs is 1. The van der Waals surface area contributed by atoms with Crippen LogP contribution in [0.25, 0.3) is 22.0 Å². The predicted octanol–water partition coefficient (Wildman–Crippen LogP) is 3.18. The van der Waals surface area contributed by atoms with Crippen LogP contribution in [0.1, 0.15) is 0 Å². The van der Waals surface area contributed by atoms with E-state index in [9.17, 15) is 8.42 Å². The first kappa shape index (κ1) is 15.0. The first-order chi connectivity index (χ1) is 10.5. The van der Waals surface area contributed by atoms with Crippen LogP contribution in [-0.4, -0.2) is 31.8 Å². The molecule has 2 aromatic carbocycles. The summed E-state index contributed by atoms with van der Waals surface area (Å²) in [6.07, 6.45) is 0. The van der Waals surface area contributed by atoms with Gasteiger partial charge in [0.25, 0.3) is 0 Å². The van der Waals surface area contributed by atoms with Gasteiger partial charge in [0, 0.05) is 25.0 Å². The van der Waals surface area contributed by atoms with E-state index in [4.69, 9.17) is 0 Å². The fourth-order valence-corrected chi connectivity index (χ4v) is 3.52. The van der Waals surface area contributed by atoms with Gasteiger partial charge in [-0.3, -0.25) is 0 Å². The predicted molar refractivity (Wildman–Crippen MR) is 91.3 cm³/mol. The third kappa shape index (κ3) is 2.96. The van der Waals surface area contributed by atoms with Crippen molar-refractivity contribution < 1.29 is 8.42 Å². The van der Waals surface area contributed by atoms with Crippen LogP contribution in [0, 0.1) is 0 Å². The first-order valence-corrected chi connectivity index (χ1v) is 8.93. The van der Waals surface area contributed by atoms with Gasteiger partial charge >= 0.3 is 10.2 Å². The van der Waals surface area contributed by atoms with Crippen molar-refractivity contribution in [3.8, 4) is 11.3 Å². The number of benzene rings is 2. The number of thiazole rings is 1. The molecule has 3 aromatic rings. The molecule has 22 heavy (non-hydrogen) atoms. The second kappa shape index (κ2) is 5.68. The van der Waals surface area contributed by atoms with Crippen molar-refractivity contribution in [3.63, 3.8) is 0 Å². The minimum absolute atomic E-state index is 0.358. The molecule has 0 bridgehead atoms. The minimum atomic E-state index is -3.52. The Morgan fingerprint density at radius 3 is 2.55 bits per heavy atom. The Kier molecular flexibility index (Phi) is 3.86. The van der Waals surface area contributed by atoms with Gasteiger partial charge < -0.3 is 0 Å². The fraction of sp³-hybridized carbons (Fsp3) is 0.133. The molecular weight excluding hydrogens is 318 g/mol. The second-order valence-corrected chi connectivity index (χ2v) is 7.73. The lowest BCUT2D eigenvalue weighted by Crippen LogP contribution is -2.28. The Balaban J connectivity index is 1.92. The average Bonchev–Trinajstić information content (AvgIpc) is 2.94. The van der Waals surface area contributed by atoms with Gasteiger partial charge in [-0.1, -0.05) is 36.4 Å². The Morgan fingerprint density at radius 2 is 1.82 bits per heavy atom. The molecule has 0 aliphatic heterocycles. The smallest absolute Gasteiger partial charge is 0.246 e. The number of hydrogen-bond acceptors (Lipinski definition) is 4. The van der Waals surface area contributed by atoms with E-state index in [0.29, 0.717) is 5.13 Å². The van der Waals surface area contributed by atoms with Crippen LogP contribution >= 0.6 is 11.3 Å². The highest BCUT2D eigenvalue weighted by Crippen LogP contribution is 2.28. The van der Waals surface area contributed by atoms with Crippen molar-refractivity contribution in [2.24, 2.45) is 0 Å². The maximum atomic E-state index is 11.8. The van der Waals surface area contributed by atoms with Gasteiger partial charge in [-0.25, -0.2) is 9.71 Å². The van der Waals surface area contributed by atoms with E-state index in [-0.39, 0.29) is 0 Å². The van der Waals surface area contributed by atoms with Gasteiger partial charge in [-0.2, -0.15) is 12.7 Å². The Labute approximate surface area is 133 Å². The first-order valence-electron chi connectivity index (χ1n) is 6.61. The number of anilines is 1. The lowest BCUT2D eigenvalue weighted by molar-refractivity contribution is 0.527. The highest BCUT2D eigenvalue weighted by Gasteiger charge is 2.15. The maximum Gasteiger partial charge on any atom is 0.302 e. The van der Waals surface area contributed by atoms with E-state index < -0.39 is 10.2 Å². The molecule has 0 spiro atoms. The zero-order chi connectivity index (χ0) is 15.7. The summed E-state index contributed by atoms with van der Waals surface area (Å²) in [7, 11) is -0.579. The number of rotatable bonds is 4. The highest BCUT2D eigenvalue weighted by atomic mass is 32.2. The molecule has 0 saturated carbocycles. The Bertz CT molecular complexity index is 917. The topological polar surface area (TPSA) is 62.3 Å². The molecule has 0 aliphatic rings. The third-order valence-electron chi connectivity index (χ3n) is 3.25. The summed E-state index contributed by atoms with van der Waals surface area (Å²) in [5, 5.41) is 4.49. The molecule has 1 heterocycles. The summed E-state index contributed by atoms with van der Waals surface area (Å²) in [6.45, 7) is 0. The zero-order valence-electron chi connectivity index (χ0n) is 12.1. The van der Waals surface area contributed by atoms with Crippen LogP contribution in [0.2, 0.25) is 0 Å². The quantitative estimate of drug-likeness (QED) is 0.797. The van der Waals surface area contributed by atoms with Crippen molar-refractivity contribution in [1.29, 1.82) is 0 Å². The van der Waals surface area contributed by atoms with Crippen LogP contribution in [0.3, 0.4) is 0 Å². The molecule has 0 fully saturated rings. The van der Waals surface area contributed by atoms with E-state index in [1.165, 1.54) is 25.4 Å². The molecule has 7 heteroatoms. The zero-order valence-corrected chi connectivity index (χ0v) is 13.8. The van der Waals surface area contributed by atoms with Gasteiger partial charge in [0.05, 0.1) is 5.69 Å². The monoisotopic (exact) mass is 333 g/mol. The lowest BCUT2D eigenvalue weighted by Gasteiger charge is -2.10. The van der Waals surface area contributed by atoms with Gasteiger partial charge in [0.15, 0.2) is 5.13 Å². The number of nitrogens with zero attached hydrogens (tertiary/aromatic N) is 2. The van der Waals surface area contributed by atoms with E-state index in [1.807, 2.05) is 35.7 Å². The fourth-order valence-electron chi connectivity index (χ4n) is 2.00. The van der Waals surface area contributed by atoms with Crippen LogP contribution in [0.4, 0.5) is 5.13 Å². The van der Waals surface area contributed by atoms with Crippen molar-refractivity contribution in [1.82, 2.24) is 9.29 Å². The van der Waals surface area contributed by atoms with Gasteiger partial charge in [0.2, 0.25) is 0 Å². The maximum absolute atomic E-state index is 11.8. The van der Waals surface area contributed by atoms with Crippen molar-refractivity contribution in [2.75, 3.05) is 18.8 Å². The summed E-state index contributed by atoms with van der Waals surface area (Å²) in [5.41, 5.74) is 1.72. The van der Waals surface area contributed by atoms with E-state index >= 15 is 0 Å². The second-order valence-electron chi connectivity index (χ2n) is 4.99. The molecule has 1 N–H and O–H groups in total. The molecule has 0 unspecified atom stereocenters. The van der Waals surface area contributed by atoms with E-state index in [0.717, 1.165) is 26.3 Å². The lowest BCUT2D eigenvalue weighted by atomic mass is 10.1. The Hall–Kier alpha value is -1.96. The third-order valence-corrected chi connectivity index (χ3v) is 5.55. The molecule has 3 rings (SSSR count). The largest absolute Gasteiger partial charge is 0.302 e. The highest BCUT2D eigenvalue weighted by molar-refractivity contribution is 7.90.